The normalized spacial score (nSPS) is 10.4. The van der Waals surface area contributed by atoms with Crippen LogP contribution < -0.4 is 19.5 Å². The standard InChI is InChI=1S/C22H24N2O4S/c1-4-5-13-28-16-11-9-15(10-12-16)17-14-29-22(23-17)24-21(25)20-18(26-2)7-6-8-19(20)27-3/h6-12,14H,4-5,13H2,1-3H3,(H,23,24,25). The first-order chi connectivity index (χ1) is 14.2. The van der Waals surface area contributed by atoms with E-state index < -0.39 is 0 Å². The van der Waals surface area contributed by atoms with E-state index in [4.69, 9.17) is 14.2 Å². The molecule has 0 aliphatic rings. The summed E-state index contributed by atoms with van der Waals surface area (Å²) in [6.07, 6.45) is 2.14. The van der Waals surface area contributed by atoms with E-state index in [2.05, 4.69) is 17.2 Å². The average Bonchev–Trinajstić information content (AvgIpc) is 3.22. The molecule has 0 radical (unpaired) electrons. The second-order valence-electron chi connectivity index (χ2n) is 6.26. The highest BCUT2D eigenvalue weighted by molar-refractivity contribution is 7.14. The molecular weight excluding hydrogens is 388 g/mol. The van der Waals surface area contributed by atoms with Crippen LogP contribution in [0.15, 0.2) is 47.8 Å². The van der Waals surface area contributed by atoms with E-state index in [-0.39, 0.29) is 5.91 Å². The van der Waals surface area contributed by atoms with Crippen LogP contribution in [0.3, 0.4) is 0 Å². The van der Waals surface area contributed by atoms with Crippen LogP contribution in [-0.4, -0.2) is 31.7 Å². The molecule has 1 amide bonds. The van der Waals surface area contributed by atoms with Crippen molar-refractivity contribution in [3.8, 4) is 28.5 Å². The highest BCUT2D eigenvalue weighted by Gasteiger charge is 2.19. The van der Waals surface area contributed by atoms with Gasteiger partial charge in [-0.2, -0.15) is 0 Å². The Morgan fingerprint density at radius 3 is 2.38 bits per heavy atom. The van der Waals surface area contributed by atoms with E-state index in [0.717, 1.165) is 36.5 Å². The number of hydrogen-bond donors (Lipinski definition) is 1. The summed E-state index contributed by atoms with van der Waals surface area (Å²) in [5, 5.41) is 5.23. The van der Waals surface area contributed by atoms with Crippen LogP contribution in [0.5, 0.6) is 17.2 Å². The molecular formula is C22H24N2O4S. The number of nitrogens with one attached hydrogen (secondary N) is 1. The van der Waals surface area contributed by atoms with Gasteiger partial charge < -0.3 is 14.2 Å². The van der Waals surface area contributed by atoms with Crippen molar-refractivity contribution in [1.82, 2.24) is 4.98 Å². The molecule has 0 unspecified atom stereocenters. The van der Waals surface area contributed by atoms with Crippen molar-refractivity contribution in [3.63, 3.8) is 0 Å². The summed E-state index contributed by atoms with van der Waals surface area (Å²) in [5.41, 5.74) is 2.08. The molecule has 0 atom stereocenters. The van der Waals surface area contributed by atoms with Gasteiger partial charge >= 0.3 is 0 Å². The molecule has 0 fully saturated rings. The van der Waals surface area contributed by atoms with Gasteiger partial charge in [0.25, 0.3) is 5.91 Å². The van der Waals surface area contributed by atoms with Crippen molar-refractivity contribution in [2.24, 2.45) is 0 Å². The Bertz CT molecular complexity index is 931. The number of nitrogens with zero attached hydrogens (tertiary/aromatic N) is 1. The van der Waals surface area contributed by atoms with Gasteiger partial charge in [0, 0.05) is 10.9 Å². The molecule has 6 nitrogen and oxygen atoms in total. The van der Waals surface area contributed by atoms with Crippen molar-refractivity contribution in [1.29, 1.82) is 0 Å². The van der Waals surface area contributed by atoms with Gasteiger partial charge in [0.2, 0.25) is 0 Å². The molecule has 1 aromatic heterocycles. The third-order valence-corrected chi connectivity index (χ3v) is 5.05. The number of carbonyl (C=O) groups excluding carboxylic acids is 1. The Kier molecular flexibility index (Phi) is 7.08. The van der Waals surface area contributed by atoms with Crippen molar-refractivity contribution < 1.29 is 19.0 Å². The van der Waals surface area contributed by atoms with Gasteiger partial charge in [-0.25, -0.2) is 4.98 Å². The molecule has 1 N–H and O–H groups in total. The van der Waals surface area contributed by atoms with Crippen molar-refractivity contribution in [3.05, 3.63) is 53.4 Å². The number of rotatable bonds is 9. The van der Waals surface area contributed by atoms with E-state index in [9.17, 15) is 4.79 Å². The van der Waals surface area contributed by atoms with Crippen LogP contribution in [0.1, 0.15) is 30.1 Å². The van der Waals surface area contributed by atoms with E-state index in [1.165, 1.54) is 25.6 Å². The molecule has 0 aliphatic carbocycles. The summed E-state index contributed by atoms with van der Waals surface area (Å²) in [6, 6.07) is 13.0. The fourth-order valence-corrected chi connectivity index (χ4v) is 3.47. The predicted molar refractivity (Wildman–Crippen MR) is 115 cm³/mol. The average molecular weight is 413 g/mol. The largest absolute Gasteiger partial charge is 0.496 e. The zero-order valence-electron chi connectivity index (χ0n) is 16.7. The lowest BCUT2D eigenvalue weighted by atomic mass is 10.1. The van der Waals surface area contributed by atoms with Crippen molar-refractivity contribution in [2.45, 2.75) is 19.8 Å². The van der Waals surface area contributed by atoms with Crippen LogP contribution in [0.25, 0.3) is 11.3 Å². The number of benzene rings is 2. The lowest BCUT2D eigenvalue weighted by molar-refractivity contribution is 0.102. The third-order valence-electron chi connectivity index (χ3n) is 4.30. The molecule has 0 saturated heterocycles. The molecule has 7 heteroatoms. The summed E-state index contributed by atoms with van der Waals surface area (Å²) in [5.74, 6) is 1.39. The lowest BCUT2D eigenvalue weighted by Gasteiger charge is -2.11. The molecule has 3 aromatic rings. The zero-order valence-corrected chi connectivity index (χ0v) is 17.5. The molecule has 2 aromatic carbocycles. The van der Waals surface area contributed by atoms with Crippen LogP contribution in [0.4, 0.5) is 5.13 Å². The summed E-state index contributed by atoms with van der Waals surface area (Å²) < 4.78 is 16.3. The van der Waals surface area contributed by atoms with Gasteiger partial charge in [-0.1, -0.05) is 19.4 Å². The predicted octanol–water partition coefficient (Wildman–Crippen LogP) is 5.26. The minimum Gasteiger partial charge on any atom is -0.496 e. The number of methoxy groups -OCH3 is 2. The number of anilines is 1. The Morgan fingerprint density at radius 2 is 1.76 bits per heavy atom. The number of carbonyl (C=O) groups is 1. The van der Waals surface area contributed by atoms with Gasteiger partial charge in [-0.05, 0) is 42.8 Å². The molecule has 0 spiro atoms. The number of ether oxygens (including phenoxy) is 3. The number of unbranched alkanes of at least 4 members (excludes halogenated alkanes) is 1. The van der Waals surface area contributed by atoms with Gasteiger partial charge in [-0.3, -0.25) is 10.1 Å². The minimum atomic E-state index is -0.333. The first-order valence-electron chi connectivity index (χ1n) is 9.37. The highest BCUT2D eigenvalue weighted by Crippen LogP contribution is 2.31. The highest BCUT2D eigenvalue weighted by atomic mass is 32.1. The van der Waals surface area contributed by atoms with Gasteiger partial charge in [0.15, 0.2) is 5.13 Å². The maximum Gasteiger partial charge on any atom is 0.265 e. The fraction of sp³-hybridized carbons (Fsp3) is 0.273. The molecule has 0 bridgehead atoms. The zero-order chi connectivity index (χ0) is 20.6. The first-order valence-corrected chi connectivity index (χ1v) is 10.2. The van der Waals surface area contributed by atoms with Crippen LogP contribution >= 0.6 is 11.3 Å². The molecule has 1 heterocycles. The quantitative estimate of drug-likeness (QED) is 0.486. The van der Waals surface area contributed by atoms with Crippen molar-refractivity contribution in [2.75, 3.05) is 26.1 Å². The number of thiazole rings is 1. The smallest absolute Gasteiger partial charge is 0.265 e. The second kappa shape index (κ2) is 9.93. The lowest BCUT2D eigenvalue weighted by Crippen LogP contribution is -2.14. The second-order valence-corrected chi connectivity index (χ2v) is 7.11. The van der Waals surface area contributed by atoms with E-state index in [1.807, 2.05) is 29.6 Å². The number of amides is 1. The topological polar surface area (TPSA) is 69.7 Å². The van der Waals surface area contributed by atoms with Crippen LogP contribution in [-0.2, 0) is 0 Å². The van der Waals surface area contributed by atoms with E-state index >= 15 is 0 Å². The summed E-state index contributed by atoms with van der Waals surface area (Å²) in [7, 11) is 3.03. The summed E-state index contributed by atoms with van der Waals surface area (Å²) >= 11 is 1.36. The van der Waals surface area contributed by atoms with Gasteiger partial charge in [0.1, 0.15) is 22.8 Å². The molecule has 152 valence electrons. The van der Waals surface area contributed by atoms with Crippen LogP contribution in [0.2, 0.25) is 0 Å². The number of aromatic nitrogens is 1. The molecule has 29 heavy (non-hydrogen) atoms. The van der Waals surface area contributed by atoms with Crippen LogP contribution in [0, 0.1) is 0 Å². The SMILES string of the molecule is CCCCOc1ccc(-c2csc(NC(=O)c3c(OC)cccc3OC)n2)cc1. The summed E-state index contributed by atoms with van der Waals surface area (Å²) in [6.45, 7) is 2.85. The van der Waals surface area contributed by atoms with Crippen molar-refractivity contribution >= 4 is 22.4 Å². The Labute approximate surface area is 174 Å². The Balaban J connectivity index is 1.72. The molecule has 3 rings (SSSR count). The minimum absolute atomic E-state index is 0.333. The van der Waals surface area contributed by atoms with E-state index in [0.29, 0.717) is 22.2 Å². The van der Waals surface area contributed by atoms with E-state index in [1.54, 1.807) is 18.2 Å². The summed E-state index contributed by atoms with van der Waals surface area (Å²) in [4.78, 5) is 17.3. The third kappa shape index (κ3) is 5.06. The maximum atomic E-state index is 12.8. The first kappa shape index (κ1) is 20.7. The molecule has 0 aliphatic heterocycles. The number of hydrogen-bond acceptors (Lipinski definition) is 6. The fourth-order valence-electron chi connectivity index (χ4n) is 2.75. The maximum absolute atomic E-state index is 12.8. The Hall–Kier alpha value is -3.06. The van der Waals surface area contributed by atoms with Gasteiger partial charge in [-0.15, -0.1) is 11.3 Å². The van der Waals surface area contributed by atoms with Gasteiger partial charge in [0.05, 0.1) is 26.5 Å². The Morgan fingerprint density at radius 1 is 1.07 bits per heavy atom. The molecule has 0 saturated carbocycles. The monoisotopic (exact) mass is 412 g/mol.